The van der Waals surface area contributed by atoms with Crippen molar-refractivity contribution in [2.45, 2.75) is 13.5 Å². The van der Waals surface area contributed by atoms with Crippen molar-refractivity contribution in [3.05, 3.63) is 52.4 Å². The molecule has 0 spiro atoms. The lowest BCUT2D eigenvalue weighted by Gasteiger charge is -2.10. The highest BCUT2D eigenvalue weighted by Crippen LogP contribution is 2.25. The Morgan fingerprint density at radius 3 is 2.89 bits per heavy atom. The van der Waals surface area contributed by atoms with Gasteiger partial charge in [0.1, 0.15) is 0 Å². The molecule has 4 nitrogen and oxygen atoms in total. The Hall–Kier alpha value is -1.94. The number of anilines is 1. The quantitative estimate of drug-likeness (QED) is 0.887. The summed E-state index contributed by atoms with van der Waals surface area (Å²) >= 11 is 6.00. The Kier molecular flexibility index (Phi) is 3.58. The maximum atomic E-state index is 11.1. The summed E-state index contributed by atoms with van der Waals surface area (Å²) in [6.07, 6.45) is 3.17. The standard InChI is InChI=1S/C13H12ClNO3/c1-8-4-10(13(16)17)12(5-11(8)14)15-6-9-2-3-18-7-9/h2-5,7,15H,6H2,1H3,(H,16,17). The molecule has 0 saturated heterocycles. The third kappa shape index (κ3) is 2.65. The van der Waals surface area contributed by atoms with Crippen LogP contribution < -0.4 is 5.32 Å². The highest BCUT2D eigenvalue weighted by Gasteiger charge is 2.12. The van der Waals surface area contributed by atoms with E-state index in [-0.39, 0.29) is 5.56 Å². The molecule has 0 aliphatic carbocycles. The molecule has 0 fully saturated rings. The minimum Gasteiger partial charge on any atom is -0.478 e. The first-order valence-electron chi connectivity index (χ1n) is 5.36. The summed E-state index contributed by atoms with van der Waals surface area (Å²) in [7, 11) is 0. The second-order valence-electron chi connectivity index (χ2n) is 3.94. The molecule has 0 saturated carbocycles. The molecule has 1 aromatic carbocycles. The van der Waals surface area contributed by atoms with Crippen molar-refractivity contribution in [2.75, 3.05) is 5.32 Å². The van der Waals surface area contributed by atoms with E-state index in [2.05, 4.69) is 5.32 Å². The smallest absolute Gasteiger partial charge is 0.337 e. The van der Waals surface area contributed by atoms with Crippen molar-refractivity contribution in [1.82, 2.24) is 0 Å². The van der Waals surface area contributed by atoms with Crippen LogP contribution in [0.2, 0.25) is 5.02 Å². The van der Waals surface area contributed by atoms with E-state index in [1.54, 1.807) is 31.6 Å². The Labute approximate surface area is 109 Å². The molecule has 0 aliphatic rings. The van der Waals surface area contributed by atoms with E-state index in [0.29, 0.717) is 17.3 Å². The number of hydrogen-bond acceptors (Lipinski definition) is 3. The van der Waals surface area contributed by atoms with Crippen LogP contribution in [0.3, 0.4) is 0 Å². The number of carbonyl (C=O) groups is 1. The molecular weight excluding hydrogens is 254 g/mol. The Morgan fingerprint density at radius 2 is 2.28 bits per heavy atom. The van der Waals surface area contributed by atoms with Gasteiger partial charge in [0.15, 0.2) is 0 Å². The van der Waals surface area contributed by atoms with Gasteiger partial charge in [-0.3, -0.25) is 0 Å². The van der Waals surface area contributed by atoms with Crippen molar-refractivity contribution >= 4 is 23.3 Å². The van der Waals surface area contributed by atoms with E-state index in [1.807, 2.05) is 6.07 Å². The van der Waals surface area contributed by atoms with E-state index in [9.17, 15) is 4.79 Å². The minimum atomic E-state index is -0.982. The largest absolute Gasteiger partial charge is 0.478 e. The van der Waals surface area contributed by atoms with Gasteiger partial charge in [-0.1, -0.05) is 11.6 Å². The molecule has 0 amide bonds. The zero-order chi connectivity index (χ0) is 13.1. The minimum absolute atomic E-state index is 0.209. The van der Waals surface area contributed by atoms with Crippen LogP contribution in [0.4, 0.5) is 5.69 Å². The second-order valence-corrected chi connectivity index (χ2v) is 4.34. The molecule has 5 heteroatoms. The van der Waals surface area contributed by atoms with Gasteiger partial charge < -0.3 is 14.8 Å². The molecule has 0 unspecified atom stereocenters. The van der Waals surface area contributed by atoms with Crippen molar-refractivity contribution in [1.29, 1.82) is 0 Å². The van der Waals surface area contributed by atoms with Gasteiger partial charge >= 0.3 is 5.97 Å². The number of halogens is 1. The van der Waals surface area contributed by atoms with Crippen LogP contribution in [0.15, 0.2) is 35.1 Å². The normalized spacial score (nSPS) is 10.3. The van der Waals surface area contributed by atoms with Gasteiger partial charge in [0.2, 0.25) is 0 Å². The van der Waals surface area contributed by atoms with Gasteiger partial charge in [0, 0.05) is 17.1 Å². The molecule has 1 aromatic heterocycles. The van der Waals surface area contributed by atoms with Crippen LogP contribution in [-0.4, -0.2) is 11.1 Å². The first kappa shape index (κ1) is 12.5. The average molecular weight is 266 g/mol. The number of carboxylic acids is 1. The van der Waals surface area contributed by atoms with Crippen LogP contribution in [0, 0.1) is 6.92 Å². The SMILES string of the molecule is Cc1cc(C(=O)O)c(NCc2ccoc2)cc1Cl. The number of rotatable bonds is 4. The molecule has 0 atom stereocenters. The summed E-state index contributed by atoms with van der Waals surface area (Å²) in [5.41, 5.74) is 2.38. The summed E-state index contributed by atoms with van der Waals surface area (Å²) < 4.78 is 4.94. The molecule has 1 heterocycles. The number of aryl methyl sites for hydroxylation is 1. The summed E-state index contributed by atoms with van der Waals surface area (Å²) in [5, 5.41) is 12.7. The Bertz CT molecular complexity index is 564. The first-order valence-corrected chi connectivity index (χ1v) is 5.74. The topological polar surface area (TPSA) is 62.5 Å². The van der Waals surface area contributed by atoms with Crippen LogP contribution in [0.5, 0.6) is 0 Å². The van der Waals surface area contributed by atoms with E-state index < -0.39 is 5.97 Å². The van der Waals surface area contributed by atoms with Crippen molar-refractivity contribution in [3.8, 4) is 0 Å². The molecule has 0 radical (unpaired) electrons. The fourth-order valence-electron chi connectivity index (χ4n) is 1.60. The van der Waals surface area contributed by atoms with Crippen molar-refractivity contribution in [3.63, 3.8) is 0 Å². The highest BCUT2D eigenvalue weighted by atomic mass is 35.5. The predicted octanol–water partition coefficient (Wildman–Crippen LogP) is 3.55. The predicted molar refractivity (Wildman–Crippen MR) is 69.2 cm³/mol. The molecule has 0 bridgehead atoms. The number of benzene rings is 1. The lowest BCUT2D eigenvalue weighted by Crippen LogP contribution is -2.06. The summed E-state index contributed by atoms with van der Waals surface area (Å²) in [6.45, 7) is 2.25. The van der Waals surface area contributed by atoms with Gasteiger partial charge in [-0.05, 0) is 30.7 Å². The lowest BCUT2D eigenvalue weighted by molar-refractivity contribution is 0.0698. The van der Waals surface area contributed by atoms with Crippen LogP contribution in [-0.2, 0) is 6.54 Å². The number of nitrogens with one attached hydrogen (secondary N) is 1. The molecule has 94 valence electrons. The Balaban J connectivity index is 2.25. The van der Waals surface area contributed by atoms with E-state index in [4.69, 9.17) is 21.1 Å². The first-order chi connectivity index (χ1) is 8.58. The van der Waals surface area contributed by atoms with Gasteiger partial charge in [0.25, 0.3) is 0 Å². The maximum absolute atomic E-state index is 11.1. The van der Waals surface area contributed by atoms with E-state index in [0.717, 1.165) is 11.1 Å². The molecule has 2 N–H and O–H groups in total. The number of carboxylic acid groups (broad SMARTS) is 1. The third-order valence-corrected chi connectivity index (χ3v) is 3.00. The molecule has 0 aliphatic heterocycles. The van der Waals surface area contributed by atoms with Crippen molar-refractivity contribution < 1.29 is 14.3 Å². The highest BCUT2D eigenvalue weighted by molar-refractivity contribution is 6.31. The summed E-state index contributed by atoms with van der Waals surface area (Å²) in [5.74, 6) is -0.982. The van der Waals surface area contributed by atoms with E-state index in [1.165, 1.54) is 0 Å². The zero-order valence-electron chi connectivity index (χ0n) is 9.74. The van der Waals surface area contributed by atoms with Crippen LogP contribution in [0.25, 0.3) is 0 Å². The second kappa shape index (κ2) is 5.14. The third-order valence-electron chi connectivity index (χ3n) is 2.59. The fourth-order valence-corrected chi connectivity index (χ4v) is 1.76. The van der Waals surface area contributed by atoms with Crippen molar-refractivity contribution in [2.24, 2.45) is 0 Å². The molecular formula is C13H12ClNO3. The van der Waals surface area contributed by atoms with Crippen LogP contribution >= 0.6 is 11.6 Å². The number of aromatic carboxylic acids is 1. The van der Waals surface area contributed by atoms with Gasteiger partial charge in [-0.15, -0.1) is 0 Å². The lowest BCUT2D eigenvalue weighted by atomic mass is 10.1. The van der Waals surface area contributed by atoms with Gasteiger partial charge in [-0.2, -0.15) is 0 Å². The fraction of sp³-hybridized carbons (Fsp3) is 0.154. The van der Waals surface area contributed by atoms with Gasteiger partial charge in [-0.25, -0.2) is 4.79 Å². The summed E-state index contributed by atoms with van der Waals surface area (Å²) in [4.78, 5) is 11.1. The average Bonchev–Trinajstić information content (AvgIpc) is 2.83. The molecule has 18 heavy (non-hydrogen) atoms. The van der Waals surface area contributed by atoms with Crippen LogP contribution in [0.1, 0.15) is 21.5 Å². The monoisotopic (exact) mass is 265 g/mol. The van der Waals surface area contributed by atoms with Gasteiger partial charge in [0.05, 0.1) is 23.8 Å². The molecule has 2 aromatic rings. The maximum Gasteiger partial charge on any atom is 0.337 e. The zero-order valence-corrected chi connectivity index (χ0v) is 10.5. The molecule has 2 rings (SSSR count). The summed E-state index contributed by atoms with van der Waals surface area (Å²) in [6, 6.07) is 4.99. The Morgan fingerprint density at radius 1 is 1.50 bits per heavy atom. The number of hydrogen-bond donors (Lipinski definition) is 2. The van der Waals surface area contributed by atoms with E-state index >= 15 is 0 Å². The number of furan rings is 1.